The van der Waals surface area contributed by atoms with Crippen molar-refractivity contribution in [1.29, 1.82) is 0 Å². The van der Waals surface area contributed by atoms with Gasteiger partial charge >= 0.3 is 0 Å². The number of amides is 2. The van der Waals surface area contributed by atoms with Crippen LogP contribution in [-0.4, -0.2) is 49.1 Å². The standard InChI is InChI=1S/C16H22N2O4S/c1-3-5-11-17(4-2)15(19)10-12-18-16(20)13-8-6-7-9-14(13)23(18,21)22/h6-9H,3-5,10-12H2,1-2H3. The molecule has 23 heavy (non-hydrogen) atoms. The van der Waals surface area contributed by atoms with E-state index in [1.54, 1.807) is 17.0 Å². The average molecular weight is 338 g/mol. The summed E-state index contributed by atoms with van der Waals surface area (Å²) in [5.74, 6) is -0.676. The van der Waals surface area contributed by atoms with Gasteiger partial charge in [-0.3, -0.25) is 9.59 Å². The second-order valence-corrected chi connectivity index (χ2v) is 7.29. The molecule has 0 aliphatic carbocycles. The predicted molar refractivity (Wildman–Crippen MR) is 86.4 cm³/mol. The summed E-state index contributed by atoms with van der Waals surface area (Å²) in [5, 5.41) is 0. The minimum Gasteiger partial charge on any atom is -0.343 e. The number of hydrogen-bond donors (Lipinski definition) is 0. The number of hydrogen-bond acceptors (Lipinski definition) is 4. The Morgan fingerprint density at radius 3 is 2.52 bits per heavy atom. The van der Waals surface area contributed by atoms with Crippen LogP contribution in [0.2, 0.25) is 0 Å². The molecule has 0 N–H and O–H groups in total. The summed E-state index contributed by atoms with van der Waals surface area (Å²) in [6.45, 7) is 5.07. The molecular formula is C16H22N2O4S. The number of benzene rings is 1. The van der Waals surface area contributed by atoms with Crippen LogP contribution in [0, 0.1) is 0 Å². The van der Waals surface area contributed by atoms with E-state index < -0.39 is 15.9 Å². The molecule has 1 aliphatic heterocycles. The van der Waals surface area contributed by atoms with Crippen molar-refractivity contribution in [2.24, 2.45) is 0 Å². The molecule has 6 nitrogen and oxygen atoms in total. The van der Waals surface area contributed by atoms with E-state index in [-0.39, 0.29) is 29.3 Å². The lowest BCUT2D eigenvalue weighted by atomic mass is 10.2. The first-order valence-corrected chi connectivity index (χ1v) is 9.31. The summed E-state index contributed by atoms with van der Waals surface area (Å²) < 4.78 is 25.6. The molecule has 0 radical (unpaired) electrons. The third-order valence-electron chi connectivity index (χ3n) is 3.96. The van der Waals surface area contributed by atoms with Crippen LogP contribution in [0.4, 0.5) is 0 Å². The van der Waals surface area contributed by atoms with Gasteiger partial charge in [0.25, 0.3) is 15.9 Å². The molecule has 1 aromatic rings. The fourth-order valence-corrected chi connectivity index (χ4v) is 4.19. The van der Waals surface area contributed by atoms with Crippen molar-refractivity contribution in [3.05, 3.63) is 29.8 Å². The van der Waals surface area contributed by atoms with Crippen LogP contribution in [0.5, 0.6) is 0 Å². The van der Waals surface area contributed by atoms with E-state index in [0.29, 0.717) is 13.1 Å². The molecule has 1 aromatic carbocycles. The lowest BCUT2D eigenvalue weighted by molar-refractivity contribution is -0.131. The number of nitrogens with zero attached hydrogens (tertiary/aromatic N) is 2. The molecule has 0 bridgehead atoms. The number of carbonyl (C=O) groups excluding carboxylic acids is 2. The van der Waals surface area contributed by atoms with Gasteiger partial charge in [-0.15, -0.1) is 0 Å². The first-order chi connectivity index (χ1) is 10.9. The quantitative estimate of drug-likeness (QED) is 0.761. The van der Waals surface area contributed by atoms with Crippen LogP contribution in [0.15, 0.2) is 29.2 Å². The van der Waals surface area contributed by atoms with Gasteiger partial charge < -0.3 is 4.90 Å². The number of carbonyl (C=O) groups is 2. The molecular weight excluding hydrogens is 316 g/mol. The Morgan fingerprint density at radius 2 is 1.91 bits per heavy atom. The van der Waals surface area contributed by atoms with Crippen LogP contribution in [0.3, 0.4) is 0 Å². The van der Waals surface area contributed by atoms with Crippen LogP contribution < -0.4 is 0 Å². The van der Waals surface area contributed by atoms with Crippen LogP contribution in [-0.2, 0) is 14.8 Å². The average Bonchev–Trinajstić information content (AvgIpc) is 2.73. The highest BCUT2D eigenvalue weighted by atomic mass is 32.2. The van der Waals surface area contributed by atoms with E-state index in [9.17, 15) is 18.0 Å². The van der Waals surface area contributed by atoms with Crippen molar-refractivity contribution in [2.75, 3.05) is 19.6 Å². The van der Waals surface area contributed by atoms with Crippen molar-refractivity contribution < 1.29 is 18.0 Å². The lowest BCUT2D eigenvalue weighted by Crippen LogP contribution is -2.37. The molecule has 0 unspecified atom stereocenters. The number of unbranched alkanes of at least 4 members (excludes halogenated alkanes) is 1. The van der Waals surface area contributed by atoms with Crippen LogP contribution in [0.25, 0.3) is 0 Å². The molecule has 126 valence electrons. The second-order valence-electron chi connectivity index (χ2n) is 5.46. The third-order valence-corrected chi connectivity index (χ3v) is 5.80. The molecule has 0 aromatic heterocycles. The van der Waals surface area contributed by atoms with Crippen molar-refractivity contribution in [3.63, 3.8) is 0 Å². The summed E-state index contributed by atoms with van der Waals surface area (Å²) in [6.07, 6.45) is 1.90. The Bertz CT molecular complexity index is 700. The van der Waals surface area contributed by atoms with Gasteiger partial charge in [-0.1, -0.05) is 25.5 Å². The minimum atomic E-state index is -3.83. The van der Waals surface area contributed by atoms with Crippen molar-refractivity contribution in [2.45, 2.75) is 38.0 Å². The molecule has 0 fully saturated rings. The largest absolute Gasteiger partial charge is 0.343 e. The lowest BCUT2D eigenvalue weighted by Gasteiger charge is -2.22. The summed E-state index contributed by atoms with van der Waals surface area (Å²) in [7, 11) is -3.83. The third kappa shape index (κ3) is 3.39. The first-order valence-electron chi connectivity index (χ1n) is 7.87. The Morgan fingerprint density at radius 1 is 1.22 bits per heavy atom. The molecule has 0 atom stereocenters. The van der Waals surface area contributed by atoms with Gasteiger partial charge in [-0.25, -0.2) is 12.7 Å². The highest BCUT2D eigenvalue weighted by Crippen LogP contribution is 2.29. The zero-order chi connectivity index (χ0) is 17.0. The molecule has 2 amide bonds. The number of fused-ring (bicyclic) bond motifs is 1. The molecule has 0 saturated heterocycles. The monoisotopic (exact) mass is 338 g/mol. The number of rotatable bonds is 7. The molecule has 0 saturated carbocycles. The van der Waals surface area contributed by atoms with Crippen LogP contribution in [0.1, 0.15) is 43.5 Å². The van der Waals surface area contributed by atoms with E-state index in [4.69, 9.17) is 0 Å². The zero-order valence-corrected chi connectivity index (χ0v) is 14.3. The molecule has 1 aliphatic rings. The summed E-state index contributed by atoms with van der Waals surface area (Å²) in [6, 6.07) is 6.13. The molecule has 0 spiro atoms. The highest BCUT2D eigenvalue weighted by Gasteiger charge is 2.40. The maximum atomic E-state index is 12.4. The maximum absolute atomic E-state index is 12.4. The summed E-state index contributed by atoms with van der Waals surface area (Å²) >= 11 is 0. The smallest absolute Gasteiger partial charge is 0.269 e. The Kier molecular flexibility index (Phi) is 5.41. The van der Waals surface area contributed by atoms with Crippen LogP contribution >= 0.6 is 0 Å². The van der Waals surface area contributed by atoms with Gasteiger partial charge in [-0.05, 0) is 25.5 Å². The maximum Gasteiger partial charge on any atom is 0.269 e. The zero-order valence-electron chi connectivity index (χ0n) is 13.5. The van der Waals surface area contributed by atoms with E-state index >= 15 is 0 Å². The fraction of sp³-hybridized carbons (Fsp3) is 0.500. The number of sulfonamides is 1. The SMILES string of the molecule is CCCCN(CC)C(=O)CCN1C(=O)c2ccccc2S1(=O)=O. The Labute approximate surface area is 137 Å². The Hall–Kier alpha value is -1.89. The van der Waals surface area contributed by atoms with Gasteiger partial charge in [0, 0.05) is 26.1 Å². The van der Waals surface area contributed by atoms with E-state index in [1.807, 2.05) is 13.8 Å². The van der Waals surface area contributed by atoms with Gasteiger partial charge in [0.2, 0.25) is 5.91 Å². The normalized spacial score (nSPS) is 15.6. The van der Waals surface area contributed by atoms with Crippen molar-refractivity contribution in [1.82, 2.24) is 9.21 Å². The van der Waals surface area contributed by atoms with Gasteiger partial charge in [0.05, 0.1) is 5.56 Å². The molecule has 7 heteroatoms. The first kappa shape index (κ1) is 17.5. The van der Waals surface area contributed by atoms with Gasteiger partial charge in [-0.2, -0.15) is 0 Å². The fourth-order valence-electron chi connectivity index (χ4n) is 2.62. The predicted octanol–water partition coefficient (Wildman–Crippen LogP) is 1.87. The summed E-state index contributed by atoms with van der Waals surface area (Å²) in [4.78, 5) is 26.2. The highest BCUT2D eigenvalue weighted by molar-refractivity contribution is 7.90. The van der Waals surface area contributed by atoms with Gasteiger partial charge in [0.15, 0.2) is 0 Å². The molecule has 2 rings (SSSR count). The van der Waals surface area contributed by atoms with E-state index in [2.05, 4.69) is 0 Å². The Balaban J connectivity index is 2.07. The van der Waals surface area contributed by atoms with E-state index in [1.165, 1.54) is 12.1 Å². The van der Waals surface area contributed by atoms with E-state index in [0.717, 1.165) is 17.1 Å². The van der Waals surface area contributed by atoms with Crippen molar-refractivity contribution in [3.8, 4) is 0 Å². The second kappa shape index (κ2) is 7.12. The van der Waals surface area contributed by atoms with Crippen molar-refractivity contribution >= 4 is 21.8 Å². The molecule has 1 heterocycles. The summed E-state index contributed by atoms with van der Waals surface area (Å²) in [5.41, 5.74) is 0.179. The topological polar surface area (TPSA) is 74.8 Å². The minimum absolute atomic E-state index is 0.0104. The van der Waals surface area contributed by atoms with Gasteiger partial charge in [0.1, 0.15) is 4.90 Å².